The van der Waals surface area contributed by atoms with Gasteiger partial charge in [-0.15, -0.1) is 0 Å². The maximum absolute atomic E-state index is 12.5. The van der Waals surface area contributed by atoms with Gasteiger partial charge in [-0.1, -0.05) is 17.7 Å². The number of anilines is 3. The Bertz CT molecular complexity index is 788. The fourth-order valence-electron chi connectivity index (χ4n) is 2.48. The highest BCUT2D eigenvalue weighted by atomic mass is 16.5. The van der Waals surface area contributed by atoms with Crippen molar-refractivity contribution in [2.45, 2.75) is 6.92 Å². The van der Waals surface area contributed by atoms with Crippen LogP contribution in [0.4, 0.5) is 21.9 Å². The monoisotopic (exact) mass is 370 g/mol. The number of carbonyl (C=O) groups excluding carboxylic acids is 2. The second-order valence-electron chi connectivity index (χ2n) is 6.32. The molecular weight excluding hydrogens is 344 g/mol. The molecule has 2 rings (SSSR count). The second-order valence-corrected chi connectivity index (χ2v) is 6.32. The lowest BCUT2D eigenvalue weighted by Gasteiger charge is -2.18. The Labute approximate surface area is 159 Å². The first-order chi connectivity index (χ1) is 12.9. The zero-order valence-corrected chi connectivity index (χ0v) is 16.1. The van der Waals surface area contributed by atoms with Crippen molar-refractivity contribution in [1.82, 2.24) is 5.32 Å². The second kappa shape index (κ2) is 9.59. The number of benzene rings is 2. The van der Waals surface area contributed by atoms with Crippen LogP contribution in [0.2, 0.25) is 0 Å². The van der Waals surface area contributed by atoms with Crippen LogP contribution in [-0.4, -0.2) is 46.3 Å². The molecule has 0 heterocycles. The summed E-state index contributed by atoms with van der Waals surface area (Å²) in [5, 5.41) is 8.33. The highest BCUT2D eigenvalue weighted by Crippen LogP contribution is 2.23. The average molecular weight is 370 g/mol. The molecule has 0 unspecified atom stereocenters. The minimum Gasteiger partial charge on any atom is -0.383 e. The van der Waals surface area contributed by atoms with E-state index in [4.69, 9.17) is 4.74 Å². The number of carbonyl (C=O) groups is 2. The maximum Gasteiger partial charge on any atom is 0.323 e. The topological polar surface area (TPSA) is 82.7 Å². The Morgan fingerprint density at radius 1 is 1.00 bits per heavy atom. The SMILES string of the molecule is COCCNC(=O)c1cc(NC(=O)Nc2ccc(C)cc2)ccc1N(C)C. The molecule has 0 saturated heterocycles. The highest BCUT2D eigenvalue weighted by Gasteiger charge is 2.14. The molecule has 0 bridgehead atoms. The minimum absolute atomic E-state index is 0.224. The summed E-state index contributed by atoms with van der Waals surface area (Å²) in [6.45, 7) is 2.82. The number of amides is 3. The van der Waals surface area contributed by atoms with E-state index >= 15 is 0 Å². The summed E-state index contributed by atoms with van der Waals surface area (Å²) >= 11 is 0. The first kappa shape index (κ1) is 20.3. The Kier molecular flexibility index (Phi) is 7.19. The molecular formula is C20H26N4O3. The third-order valence-electron chi connectivity index (χ3n) is 3.88. The number of hydrogen-bond donors (Lipinski definition) is 3. The third-order valence-corrected chi connectivity index (χ3v) is 3.88. The predicted molar refractivity (Wildman–Crippen MR) is 109 cm³/mol. The molecule has 0 atom stereocenters. The molecule has 0 aromatic heterocycles. The van der Waals surface area contributed by atoms with Crippen LogP contribution in [0, 0.1) is 6.92 Å². The smallest absolute Gasteiger partial charge is 0.323 e. The van der Waals surface area contributed by atoms with Crippen LogP contribution in [0.15, 0.2) is 42.5 Å². The number of urea groups is 1. The highest BCUT2D eigenvalue weighted by molar-refractivity contribution is 6.03. The molecule has 7 nitrogen and oxygen atoms in total. The predicted octanol–water partition coefficient (Wildman–Crippen LogP) is 3.08. The van der Waals surface area contributed by atoms with Crippen LogP contribution in [0.1, 0.15) is 15.9 Å². The van der Waals surface area contributed by atoms with Crippen molar-refractivity contribution in [3.8, 4) is 0 Å². The van der Waals surface area contributed by atoms with Crippen LogP contribution < -0.4 is 20.9 Å². The van der Waals surface area contributed by atoms with E-state index in [9.17, 15) is 9.59 Å². The Balaban J connectivity index is 2.12. The first-order valence-corrected chi connectivity index (χ1v) is 8.64. The molecule has 2 aromatic carbocycles. The molecule has 0 spiro atoms. The zero-order valence-electron chi connectivity index (χ0n) is 16.1. The van der Waals surface area contributed by atoms with E-state index in [0.717, 1.165) is 11.3 Å². The lowest BCUT2D eigenvalue weighted by atomic mass is 10.1. The molecule has 0 fully saturated rings. The van der Waals surface area contributed by atoms with Gasteiger partial charge >= 0.3 is 6.03 Å². The number of aryl methyl sites for hydroxylation is 1. The van der Waals surface area contributed by atoms with Gasteiger partial charge in [-0.25, -0.2) is 4.79 Å². The van der Waals surface area contributed by atoms with Gasteiger partial charge < -0.3 is 25.6 Å². The van der Waals surface area contributed by atoms with Crippen LogP contribution in [0.25, 0.3) is 0 Å². The number of nitrogens with zero attached hydrogens (tertiary/aromatic N) is 1. The normalized spacial score (nSPS) is 10.2. The van der Waals surface area contributed by atoms with Crippen molar-refractivity contribution in [3.63, 3.8) is 0 Å². The quantitative estimate of drug-likeness (QED) is 0.654. The first-order valence-electron chi connectivity index (χ1n) is 8.64. The van der Waals surface area contributed by atoms with E-state index in [-0.39, 0.29) is 11.9 Å². The minimum atomic E-state index is -0.373. The zero-order chi connectivity index (χ0) is 19.8. The van der Waals surface area contributed by atoms with E-state index in [1.165, 1.54) is 0 Å². The number of methoxy groups -OCH3 is 1. The fraction of sp³-hybridized carbons (Fsp3) is 0.300. The molecule has 0 aliphatic carbocycles. The van der Waals surface area contributed by atoms with Crippen LogP contribution in [-0.2, 0) is 4.74 Å². The van der Waals surface area contributed by atoms with E-state index in [1.807, 2.05) is 50.2 Å². The molecule has 27 heavy (non-hydrogen) atoms. The van der Waals surface area contributed by atoms with E-state index < -0.39 is 0 Å². The lowest BCUT2D eigenvalue weighted by molar-refractivity contribution is 0.0937. The molecule has 2 aromatic rings. The standard InChI is InChI=1S/C20H26N4O3/c1-14-5-7-15(8-6-14)22-20(26)23-16-9-10-18(24(2)3)17(13-16)19(25)21-11-12-27-4/h5-10,13H,11-12H2,1-4H3,(H,21,25)(H2,22,23,26). The van der Waals surface area contributed by atoms with Crippen LogP contribution in [0.3, 0.4) is 0 Å². The molecule has 0 aliphatic rings. The summed E-state index contributed by atoms with van der Waals surface area (Å²) in [6.07, 6.45) is 0. The number of hydrogen-bond acceptors (Lipinski definition) is 4. The number of nitrogens with one attached hydrogen (secondary N) is 3. The Morgan fingerprint density at radius 2 is 1.63 bits per heavy atom. The third kappa shape index (κ3) is 6.00. The summed E-state index contributed by atoms with van der Waals surface area (Å²) in [6, 6.07) is 12.3. The summed E-state index contributed by atoms with van der Waals surface area (Å²) in [7, 11) is 5.30. The average Bonchev–Trinajstić information content (AvgIpc) is 2.63. The van der Waals surface area contributed by atoms with Gasteiger partial charge in [0, 0.05) is 44.8 Å². The van der Waals surface area contributed by atoms with E-state index in [0.29, 0.717) is 30.1 Å². The molecule has 0 radical (unpaired) electrons. The van der Waals surface area contributed by atoms with Crippen molar-refractivity contribution in [2.75, 3.05) is 49.9 Å². The molecule has 0 aliphatic heterocycles. The number of rotatable bonds is 7. The van der Waals surface area contributed by atoms with E-state index in [1.54, 1.807) is 25.3 Å². The van der Waals surface area contributed by atoms with Gasteiger partial charge in [-0.3, -0.25) is 4.79 Å². The van der Waals surface area contributed by atoms with Gasteiger partial charge in [0.2, 0.25) is 0 Å². The van der Waals surface area contributed by atoms with Crippen molar-refractivity contribution < 1.29 is 14.3 Å². The maximum atomic E-state index is 12.5. The van der Waals surface area contributed by atoms with Gasteiger partial charge in [-0.05, 0) is 37.3 Å². The van der Waals surface area contributed by atoms with Crippen molar-refractivity contribution in [3.05, 3.63) is 53.6 Å². The van der Waals surface area contributed by atoms with Gasteiger partial charge in [0.25, 0.3) is 5.91 Å². The van der Waals surface area contributed by atoms with Crippen LogP contribution in [0.5, 0.6) is 0 Å². The van der Waals surface area contributed by atoms with Gasteiger partial charge in [0.05, 0.1) is 12.2 Å². The number of ether oxygens (including phenoxy) is 1. The lowest BCUT2D eigenvalue weighted by Crippen LogP contribution is -2.29. The van der Waals surface area contributed by atoms with E-state index in [2.05, 4.69) is 16.0 Å². The molecule has 0 saturated carbocycles. The molecule has 7 heteroatoms. The van der Waals surface area contributed by atoms with Crippen molar-refractivity contribution in [1.29, 1.82) is 0 Å². The Hall–Kier alpha value is -3.06. The van der Waals surface area contributed by atoms with Crippen molar-refractivity contribution in [2.24, 2.45) is 0 Å². The van der Waals surface area contributed by atoms with Crippen LogP contribution >= 0.6 is 0 Å². The van der Waals surface area contributed by atoms with Gasteiger partial charge in [-0.2, -0.15) is 0 Å². The Morgan fingerprint density at radius 3 is 2.26 bits per heavy atom. The fourth-order valence-corrected chi connectivity index (χ4v) is 2.48. The van der Waals surface area contributed by atoms with Crippen molar-refractivity contribution >= 4 is 29.0 Å². The largest absolute Gasteiger partial charge is 0.383 e. The van der Waals surface area contributed by atoms with Gasteiger partial charge in [0.1, 0.15) is 0 Å². The molecule has 144 valence electrons. The summed E-state index contributed by atoms with van der Waals surface area (Å²) in [5.74, 6) is -0.224. The molecule has 3 N–H and O–H groups in total. The summed E-state index contributed by atoms with van der Waals surface area (Å²) < 4.78 is 4.96. The summed E-state index contributed by atoms with van der Waals surface area (Å²) in [5.41, 5.74) is 3.57. The summed E-state index contributed by atoms with van der Waals surface area (Å²) in [4.78, 5) is 26.6. The van der Waals surface area contributed by atoms with Gasteiger partial charge in [0.15, 0.2) is 0 Å². The molecule has 3 amide bonds.